The van der Waals surface area contributed by atoms with Crippen LogP contribution < -0.4 is 5.43 Å². The molecule has 0 spiro atoms. The van der Waals surface area contributed by atoms with Gasteiger partial charge in [0.1, 0.15) is 28.7 Å². The summed E-state index contributed by atoms with van der Waals surface area (Å²) in [6.45, 7) is 2.24. The van der Waals surface area contributed by atoms with Crippen molar-refractivity contribution in [3.63, 3.8) is 0 Å². The van der Waals surface area contributed by atoms with Gasteiger partial charge in [0.25, 0.3) is 0 Å². The Morgan fingerprint density at radius 1 is 1.11 bits per heavy atom. The van der Waals surface area contributed by atoms with Gasteiger partial charge >= 0.3 is 0 Å². The first kappa shape index (κ1) is 22.0. The molecule has 2 fully saturated rings. The van der Waals surface area contributed by atoms with Gasteiger partial charge in [0.15, 0.2) is 0 Å². The molecule has 0 bridgehead atoms. The van der Waals surface area contributed by atoms with E-state index in [-0.39, 0.29) is 34.2 Å². The van der Waals surface area contributed by atoms with Gasteiger partial charge in [0, 0.05) is 54.7 Å². The molecule has 0 N–H and O–H groups in total. The molecule has 0 radical (unpaired) electrons. The van der Waals surface area contributed by atoms with E-state index in [2.05, 4.69) is 5.10 Å². The monoisotopic (exact) mass is 477 g/mol. The van der Waals surface area contributed by atoms with E-state index in [9.17, 15) is 13.6 Å². The molecule has 7 nitrogen and oxygen atoms in total. The summed E-state index contributed by atoms with van der Waals surface area (Å²) in [6, 6.07) is 3.87. The minimum atomic E-state index is -0.735. The Hall–Kier alpha value is -3.46. The summed E-state index contributed by atoms with van der Waals surface area (Å²) in [5, 5.41) is 4.48. The quantitative estimate of drug-likeness (QED) is 0.424. The number of hydrogen-bond acceptors (Lipinski definition) is 5. The largest absolute Gasteiger partial charge is 0.373 e. The number of aryl methyl sites for hydroxylation is 2. The number of pyridine rings is 1. The summed E-state index contributed by atoms with van der Waals surface area (Å²) in [7, 11) is 1.77. The van der Waals surface area contributed by atoms with Crippen molar-refractivity contribution in [2.75, 3.05) is 6.61 Å². The lowest BCUT2D eigenvalue weighted by Gasteiger charge is -2.28. The molecule has 0 unspecified atom stereocenters. The number of hydrogen-bond donors (Lipinski definition) is 0. The lowest BCUT2D eigenvalue weighted by molar-refractivity contribution is 0.00397. The van der Waals surface area contributed by atoms with Gasteiger partial charge in [0.2, 0.25) is 5.43 Å². The second-order valence-corrected chi connectivity index (χ2v) is 9.57. The fourth-order valence-electron chi connectivity index (χ4n) is 4.94. The zero-order valence-corrected chi connectivity index (χ0v) is 19.5. The molecule has 1 saturated heterocycles. The molecular formula is C26H25F2N5O2. The zero-order chi connectivity index (χ0) is 24.3. The van der Waals surface area contributed by atoms with Gasteiger partial charge in [-0.1, -0.05) is 0 Å². The summed E-state index contributed by atoms with van der Waals surface area (Å²) >= 11 is 0. The molecule has 1 aliphatic heterocycles. The third-order valence-electron chi connectivity index (χ3n) is 6.96. The van der Waals surface area contributed by atoms with E-state index in [4.69, 9.17) is 14.7 Å². The summed E-state index contributed by atoms with van der Waals surface area (Å²) in [4.78, 5) is 22.6. The average molecular weight is 478 g/mol. The topological polar surface area (TPSA) is 74.8 Å². The van der Waals surface area contributed by atoms with Gasteiger partial charge in [-0.25, -0.2) is 18.7 Å². The van der Waals surface area contributed by atoms with Crippen LogP contribution in [0.15, 0.2) is 41.6 Å². The molecule has 1 saturated carbocycles. The number of ether oxygens (including phenoxy) is 1. The number of nitrogens with zero attached hydrogens (tertiary/aromatic N) is 5. The minimum absolute atomic E-state index is 0.0881. The summed E-state index contributed by atoms with van der Waals surface area (Å²) < 4.78 is 38.3. The van der Waals surface area contributed by atoms with E-state index >= 15 is 0 Å². The van der Waals surface area contributed by atoms with Crippen LogP contribution in [0.2, 0.25) is 0 Å². The Morgan fingerprint density at radius 2 is 1.94 bits per heavy atom. The molecule has 2 aliphatic rings. The fourth-order valence-corrected chi connectivity index (χ4v) is 4.94. The molecule has 2 atom stereocenters. The lowest BCUT2D eigenvalue weighted by atomic mass is 9.92. The molecule has 1 aromatic carbocycles. The van der Waals surface area contributed by atoms with Gasteiger partial charge in [-0.3, -0.25) is 9.48 Å². The minimum Gasteiger partial charge on any atom is -0.373 e. The van der Waals surface area contributed by atoms with Crippen molar-refractivity contribution in [1.82, 2.24) is 24.3 Å². The second kappa shape index (κ2) is 8.34. The van der Waals surface area contributed by atoms with Crippen molar-refractivity contribution < 1.29 is 13.5 Å². The van der Waals surface area contributed by atoms with E-state index in [1.54, 1.807) is 24.7 Å². The van der Waals surface area contributed by atoms with E-state index in [0.29, 0.717) is 42.4 Å². The molecule has 35 heavy (non-hydrogen) atoms. The Bertz CT molecular complexity index is 1510. The van der Waals surface area contributed by atoms with Crippen LogP contribution >= 0.6 is 0 Å². The van der Waals surface area contributed by atoms with E-state index in [1.165, 1.54) is 12.1 Å². The molecule has 4 aromatic rings. The second-order valence-electron chi connectivity index (χ2n) is 9.57. The van der Waals surface area contributed by atoms with Crippen molar-refractivity contribution in [2.45, 2.75) is 50.7 Å². The maximum absolute atomic E-state index is 14.9. The molecule has 3 aromatic heterocycles. The predicted octanol–water partition coefficient (Wildman–Crippen LogP) is 4.75. The van der Waals surface area contributed by atoms with Crippen molar-refractivity contribution in [3.05, 3.63) is 75.6 Å². The Kier molecular flexibility index (Phi) is 5.25. The molecule has 0 amide bonds. The van der Waals surface area contributed by atoms with Crippen LogP contribution in [0.1, 0.15) is 60.7 Å². The standard InChI is InChI=1S/C26H25F2N5O2/c1-14-12-32(2)24-22(19-6-3-17(27)10-20(19)28)30-26(31-23(24)25(14)34)15-7-8-35-21(9-15)16-11-29-33(13-16)18-4-5-18/h3,6,10-13,15,18,21H,4-5,7-9H2,1-2H3/t15-,21+/m0/s1. The number of aromatic nitrogens is 5. The maximum Gasteiger partial charge on any atom is 0.210 e. The van der Waals surface area contributed by atoms with Crippen LogP contribution in [0.5, 0.6) is 0 Å². The average Bonchev–Trinajstić information content (AvgIpc) is 3.58. The van der Waals surface area contributed by atoms with E-state index in [0.717, 1.165) is 24.5 Å². The highest BCUT2D eigenvalue weighted by atomic mass is 19.1. The van der Waals surface area contributed by atoms with Gasteiger partial charge in [-0.05, 0) is 44.7 Å². The first-order valence-corrected chi connectivity index (χ1v) is 11.9. The predicted molar refractivity (Wildman–Crippen MR) is 126 cm³/mol. The van der Waals surface area contributed by atoms with Gasteiger partial charge in [0.05, 0.1) is 23.9 Å². The normalized spacial score (nSPS) is 20.5. The number of rotatable bonds is 4. The molecule has 1 aliphatic carbocycles. The molecule has 9 heteroatoms. The Morgan fingerprint density at radius 3 is 2.71 bits per heavy atom. The van der Waals surface area contributed by atoms with Crippen molar-refractivity contribution in [1.29, 1.82) is 0 Å². The highest BCUT2D eigenvalue weighted by molar-refractivity contribution is 5.89. The highest BCUT2D eigenvalue weighted by Gasteiger charge is 2.31. The first-order chi connectivity index (χ1) is 16.9. The third kappa shape index (κ3) is 3.93. The van der Waals surface area contributed by atoms with Crippen LogP contribution in [-0.4, -0.2) is 30.9 Å². The van der Waals surface area contributed by atoms with Crippen molar-refractivity contribution >= 4 is 11.0 Å². The molecular weight excluding hydrogens is 452 g/mol. The SMILES string of the molecule is Cc1cn(C)c2c(-c3ccc(F)cc3F)nc([C@H]3CCO[C@@H](c4cnn(C5CC5)c4)C3)nc2c1=O. The van der Waals surface area contributed by atoms with Crippen molar-refractivity contribution in [2.24, 2.45) is 7.05 Å². The van der Waals surface area contributed by atoms with E-state index in [1.807, 2.05) is 17.1 Å². The van der Waals surface area contributed by atoms with Crippen molar-refractivity contribution in [3.8, 4) is 11.3 Å². The summed E-state index contributed by atoms with van der Waals surface area (Å²) in [5.74, 6) is -1.02. The van der Waals surface area contributed by atoms with Crippen LogP contribution in [0.25, 0.3) is 22.3 Å². The van der Waals surface area contributed by atoms with Crippen LogP contribution in [0.4, 0.5) is 8.78 Å². The number of fused-ring (bicyclic) bond motifs is 1. The van der Waals surface area contributed by atoms with Gasteiger partial charge < -0.3 is 9.30 Å². The Balaban J connectivity index is 1.46. The van der Waals surface area contributed by atoms with Crippen LogP contribution in [-0.2, 0) is 11.8 Å². The summed E-state index contributed by atoms with van der Waals surface area (Å²) in [5.41, 5.74) is 2.40. The lowest BCUT2D eigenvalue weighted by Crippen LogP contribution is -2.22. The molecule has 6 rings (SSSR count). The maximum atomic E-state index is 14.9. The third-order valence-corrected chi connectivity index (χ3v) is 6.96. The highest BCUT2D eigenvalue weighted by Crippen LogP contribution is 2.40. The molecule has 180 valence electrons. The van der Waals surface area contributed by atoms with Gasteiger partial charge in [-0.15, -0.1) is 0 Å². The number of benzene rings is 1. The van der Waals surface area contributed by atoms with Crippen LogP contribution in [0.3, 0.4) is 0 Å². The number of halogens is 2. The Labute approximate surface area is 200 Å². The smallest absolute Gasteiger partial charge is 0.210 e. The zero-order valence-electron chi connectivity index (χ0n) is 19.5. The first-order valence-electron chi connectivity index (χ1n) is 11.9. The summed E-state index contributed by atoms with van der Waals surface area (Å²) in [6.07, 6.45) is 9.02. The van der Waals surface area contributed by atoms with Gasteiger partial charge in [-0.2, -0.15) is 5.10 Å². The van der Waals surface area contributed by atoms with E-state index < -0.39 is 11.6 Å². The molecule has 4 heterocycles. The van der Waals surface area contributed by atoms with Crippen LogP contribution in [0, 0.1) is 18.6 Å². The fraction of sp³-hybridized carbons (Fsp3) is 0.385.